The molecule has 0 aliphatic rings. The van der Waals surface area contributed by atoms with E-state index in [2.05, 4.69) is 10.2 Å². The van der Waals surface area contributed by atoms with Crippen molar-refractivity contribution < 1.29 is 0 Å². The van der Waals surface area contributed by atoms with Crippen LogP contribution in [0.15, 0.2) is 26.6 Å². The maximum Gasteiger partial charge on any atom is 0.276 e. The average molecular weight is 193 g/mol. The van der Waals surface area contributed by atoms with Gasteiger partial charge in [0, 0.05) is 13.2 Å². The van der Waals surface area contributed by atoms with Crippen LogP contribution in [-0.2, 0) is 7.05 Å². The summed E-state index contributed by atoms with van der Waals surface area (Å²) in [6, 6.07) is 1.44. The molecule has 72 valence electrons. The first-order valence-electron chi connectivity index (χ1n) is 3.91. The van der Waals surface area contributed by atoms with Crippen LogP contribution in [0.2, 0.25) is 0 Å². The molecule has 6 nitrogen and oxygen atoms in total. The van der Waals surface area contributed by atoms with Gasteiger partial charge in [0.15, 0.2) is 0 Å². The molecule has 0 saturated heterocycles. The van der Waals surface area contributed by atoms with E-state index in [0.29, 0.717) is 0 Å². The van der Waals surface area contributed by atoms with Gasteiger partial charge in [-0.25, -0.2) is 0 Å². The van der Waals surface area contributed by atoms with Gasteiger partial charge in [0.2, 0.25) is 0 Å². The highest BCUT2D eigenvalue weighted by atomic mass is 16.2. The van der Waals surface area contributed by atoms with Crippen LogP contribution >= 0.6 is 0 Å². The summed E-state index contributed by atoms with van der Waals surface area (Å²) in [5, 5.41) is 4.25. The Labute approximate surface area is 76.8 Å². The third-order valence-corrected chi connectivity index (χ3v) is 2.03. The van der Waals surface area contributed by atoms with Crippen molar-refractivity contribution in [3.63, 3.8) is 0 Å². The maximum absolute atomic E-state index is 11.5. The van der Waals surface area contributed by atoms with Crippen molar-refractivity contribution >= 4 is 10.8 Å². The fraction of sp³-hybridized carbons (Fsp3) is 0.125. The standard InChI is InChI=1S/C8H7N3O3/c1-11-3-2-4-5(8(11)14)7(13)10-9-6(4)12/h2-3H,1H3,(H,9,12)(H,10,13). The van der Waals surface area contributed by atoms with Crippen molar-refractivity contribution in [2.24, 2.45) is 7.05 Å². The Morgan fingerprint density at radius 1 is 1.14 bits per heavy atom. The lowest BCUT2D eigenvalue weighted by Gasteiger charge is -1.98. The Morgan fingerprint density at radius 3 is 2.50 bits per heavy atom. The van der Waals surface area contributed by atoms with Gasteiger partial charge in [-0.1, -0.05) is 0 Å². The van der Waals surface area contributed by atoms with E-state index in [9.17, 15) is 14.4 Å². The number of aryl methyl sites for hydroxylation is 1. The van der Waals surface area contributed by atoms with Crippen LogP contribution in [-0.4, -0.2) is 14.8 Å². The highest BCUT2D eigenvalue weighted by Crippen LogP contribution is 1.94. The third-order valence-electron chi connectivity index (χ3n) is 2.03. The zero-order valence-electron chi connectivity index (χ0n) is 7.33. The summed E-state index contributed by atoms with van der Waals surface area (Å²) in [6.45, 7) is 0. The number of pyridine rings is 1. The molecule has 0 aliphatic heterocycles. The van der Waals surface area contributed by atoms with Gasteiger partial charge in [-0.15, -0.1) is 0 Å². The molecule has 0 spiro atoms. The number of hydrogen-bond donors (Lipinski definition) is 2. The molecule has 0 unspecified atom stereocenters. The van der Waals surface area contributed by atoms with Crippen LogP contribution in [0, 0.1) is 0 Å². The van der Waals surface area contributed by atoms with E-state index in [-0.39, 0.29) is 10.8 Å². The van der Waals surface area contributed by atoms with Crippen molar-refractivity contribution in [2.45, 2.75) is 0 Å². The van der Waals surface area contributed by atoms with E-state index < -0.39 is 16.7 Å². The quantitative estimate of drug-likeness (QED) is 0.557. The zero-order valence-corrected chi connectivity index (χ0v) is 7.33. The molecule has 14 heavy (non-hydrogen) atoms. The van der Waals surface area contributed by atoms with Gasteiger partial charge in [-0.3, -0.25) is 24.6 Å². The Hall–Kier alpha value is -2.11. The minimum absolute atomic E-state index is 0.108. The Morgan fingerprint density at radius 2 is 1.79 bits per heavy atom. The first kappa shape index (κ1) is 8.49. The largest absolute Gasteiger partial charge is 0.318 e. The molecule has 0 radical (unpaired) electrons. The molecule has 2 rings (SSSR count). The van der Waals surface area contributed by atoms with Gasteiger partial charge in [-0.05, 0) is 6.07 Å². The first-order valence-corrected chi connectivity index (χ1v) is 3.91. The number of nitrogens with one attached hydrogen (secondary N) is 2. The Bertz CT molecular complexity index is 662. The van der Waals surface area contributed by atoms with Crippen LogP contribution in [0.3, 0.4) is 0 Å². The van der Waals surface area contributed by atoms with Gasteiger partial charge in [0.1, 0.15) is 5.39 Å². The van der Waals surface area contributed by atoms with Crippen LogP contribution in [0.25, 0.3) is 10.8 Å². The second-order valence-electron chi connectivity index (χ2n) is 2.93. The van der Waals surface area contributed by atoms with Crippen LogP contribution < -0.4 is 16.7 Å². The summed E-state index contributed by atoms with van der Waals surface area (Å²) < 4.78 is 1.25. The normalized spacial score (nSPS) is 10.6. The molecule has 2 aromatic rings. The van der Waals surface area contributed by atoms with Gasteiger partial charge < -0.3 is 4.57 Å². The molecular weight excluding hydrogens is 186 g/mol. The van der Waals surface area contributed by atoms with Gasteiger partial charge >= 0.3 is 0 Å². The summed E-state index contributed by atoms with van der Waals surface area (Å²) >= 11 is 0. The average Bonchev–Trinajstić information content (AvgIpc) is 2.16. The predicted octanol–water partition coefficient (Wildman–Crippen LogP) is -1.08. The van der Waals surface area contributed by atoms with E-state index in [1.54, 1.807) is 0 Å². The van der Waals surface area contributed by atoms with Crippen molar-refractivity contribution in [3.05, 3.63) is 43.3 Å². The van der Waals surface area contributed by atoms with E-state index in [1.165, 1.54) is 23.9 Å². The Balaban J connectivity index is 3.26. The molecule has 6 heteroatoms. The first-order chi connectivity index (χ1) is 6.61. The molecule has 0 aromatic carbocycles. The minimum Gasteiger partial charge on any atom is -0.318 e. The molecule has 0 fully saturated rings. The topological polar surface area (TPSA) is 87.7 Å². The zero-order chi connectivity index (χ0) is 10.3. The van der Waals surface area contributed by atoms with Crippen molar-refractivity contribution in [3.8, 4) is 0 Å². The van der Waals surface area contributed by atoms with E-state index in [0.717, 1.165) is 0 Å². The second kappa shape index (κ2) is 2.69. The summed E-state index contributed by atoms with van der Waals surface area (Å²) in [5.74, 6) is 0. The molecule has 2 aromatic heterocycles. The van der Waals surface area contributed by atoms with Crippen molar-refractivity contribution in [2.75, 3.05) is 0 Å². The van der Waals surface area contributed by atoms with Gasteiger partial charge in [-0.2, -0.15) is 0 Å². The van der Waals surface area contributed by atoms with Crippen molar-refractivity contribution in [1.29, 1.82) is 0 Å². The number of hydrogen-bond acceptors (Lipinski definition) is 3. The smallest absolute Gasteiger partial charge is 0.276 e. The summed E-state index contributed by atoms with van der Waals surface area (Å²) in [7, 11) is 1.52. The Kier molecular flexibility index (Phi) is 1.63. The number of H-pyrrole nitrogens is 2. The lowest BCUT2D eigenvalue weighted by Crippen LogP contribution is -2.28. The van der Waals surface area contributed by atoms with E-state index in [4.69, 9.17) is 0 Å². The lowest BCUT2D eigenvalue weighted by molar-refractivity contribution is 0.864. The highest BCUT2D eigenvalue weighted by molar-refractivity contribution is 5.78. The fourth-order valence-corrected chi connectivity index (χ4v) is 1.28. The number of fused-ring (bicyclic) bond motifs is 1. The summed E-state index contributed by atoms with van der Waals surface area (Å²) in [4.78, 5) is 34.0. The van der Waals surface area contributed by atoms with Gasteiger partial charge in [0.25, 0.3) is 16.7 Å². The van der Waals surface area contributed by atoms with E-state index in [1.807, 2.05) is 0 Å². The number of aromatic amines is 2. The molecule has 0 amide bonds. The van der Waals surface area contributed by atoms with Crippen LogP contribution in [0.4, 0.5) is 0 Å². The van der Waals surface area contributed by atoms with Gasteiger partial charge in [0.05, 0.1) is 5.39 Å². The molecule has 0 saturated carbocycles. The predicted molar refractivity (Wildman–Crippen MR) is 50.4 cm³/mol. The fourth-order valence-electron chi connectivity index (χ4n) is 1.28. The molecule has 0 aliphatic carbocycles. The molecule has 0 atom stereocenters. The summed E-state index contributed by atoms with van der Waals surface area (Å²) in [6.07, 6.45) is 1.44. The minimum atomic E-state index is -0.583. The molecular formula is C8H7N3O3. The number of rotatable bonds is 0. The van der Waals surface area contributed by atoms with Crippen LogP contribution in [0.1, 0.15) is 0 Å². The monoisotopic (exact) mass is 193 g/mol. The number of aromatic nitrogens is 3. The second-order valence-corrected chi connectivity index (χ2v) is 2.93. The molecule has 2 N–H and O–H groups in total. The maximum atomic E-state index is 11.5. The van der Waals surface area contributed by atoms with Crippen molar-refractivity contribution in [1.82, 2.24) is 14.8 Å². The highest BCUT2D eigenvalue weighted by Gasteiger charge is 2.07. The third kappa shape index (κ3) is 1.00. The lowest BCUT2D eigenvalue weighted by atomic mass is 10.2. The molecule has 0 bridgehead atoms. The van der Waals surface area contributed by atoms with Crippen LogP contribution in [0.5, 0.6) is 0 Å². The number of nitrogens with zero attached hydrogens (tertiary/aromatic N) is 1. The summed E-state index contributed by atoms with van der Waals surface area (Å²) in [5.41, 5.74) is -1.53. The molecule has 2 heterocycles. The SMILES string of the molecule is Cn1ccc2c(=O)[nH][nH]c(=O)c2c1=O. The van der Waals surface area contributed by atoms with E-state index >= 15 is 0 Å².